The van der Waals surface area contributed by atoms with Gasteiger partial charge in [0.05, 0.1) is 0 Å². The number of carbonyl (C=O) groups excluding carboxylic acids is 1. The monoisotopic (exact) mass is 209 g/mol. The number of carbonyl (C=O) groups is 1. The van der Waals surface area contributed by atoms with Gasteiger partial charge in [-0.05, 0) is 11.8 Å². The lowest BCUT2D eigenvalue weighted by atomic mass is 9.90. The fraction of sp³-hybridized carbons (Fsp3) is 0.889. The normalized spacial score (nSPS) is 11.9. The molecule has 0 aliphatic rings. The van der Waals surface area contributed by atoms with Crippen LogP contribution in [0, 0.1) is 5.41 Å². The molecule has 3 nitrogen and oxygen atoms in total. The van der Waals surface area contributed by atoms with Crippen LogP contribution in [0.5, 0.6) is 0 Å². The van der Waals surface area contributed by atoms with Crippen LogP contribution in [0.1, 0.15) is 20.3 Å². The van der Waals surface area contributed by atoms with Crippen molar-refractivity contribution < 1.29 is 18.3 Å². The van der Waals surface area contributed by atoms with Gasteiger partial charge in [0.15, 0.2) is 0 Å². The Bertz CT molecular complexity index is 184. The van der Waals surface area contributed by atoms with E-state index >= 15 is 0 Å². The molecule has 0 aromatic heterocycles. The van der Waals surface area contributed by atoms with Gasteiger partial charge in [-0.1, -0.05) is 13.8 Å². The van der Waals surface area contributed by atoms with Crippen molar-refractivity contribution >= 4 is 5.91 Å². The van der Waals surface area contributed by atoms with Crippen LogP contribution < -0.4 is 5.32 Å². The topological polar surface area (TPSA) is 38.3 Å². The number of amides is 1. The van der Waals surface area contributed by atoms with Crippen molar-refractivity contribution in [1.29, 1.82) is 0 Å². The summed E-state index contributed by atoms with van der Waals surface area (Å²) < 4.78 is 28.5. The van der Waals surface area contributed by atoms with Crippen LogP contribution >= 0.6 is 0 Å². The Labute approximate surface area is 82.8 Å². The highest BCUT2D eigenvalue weighted by Crippen LogP contribution is 2.18. The van der Waals surface area contributed by atoms with Crippen LogP contribution in [-0.4, -0.2) is 32.6 Å². The summed E-state index contributed by atoms with van der Waals surface area (Å²) in [6.45, 7) is 4.56. The third-order valence-electron chi connectivity index (χ3n) is 1.92. The molecule has 0 rings (SSSR count). The molecule has 0 atom stereocenters. The number of ether oxygens (including phenoxy) is 1. The number of methoxy groups -OCH3 is 1. The van der Waals surface area contributed by atoms with E-state index in [2.05, 4.69) is 5.32 Å². The SMILES string of the molecule is COCCC(C)(C)CNC(=O)C(F)F. The van der Waals surface area contributed by atoms with Crippen molar-refractivity contribution in [1.82, 2.24) is 5.32 Å². The molecule has 1 N–H and O–H groups in total. The standard InChI is InChI=1S/C9H17F2NO2/c1-9(2,4-5-14-3)6-12-8(13)7(10)11/h7H,4-6H2,1-3H3,(H,12,13). The average Bonchev–Trinajstić information content (AvgIpc) is 2.11. The lowest BCUT2D eigenvalue weighted by Crippen LogP contribution is -2.37. The van der Waals surface area contributed by atoms with Crippen molar-refractivity contribution in [2.45, 2.75) is 26.7 Å². The Hall–Kier alpha value is -0.710. The average molecular weight is 209 g/mol. The van der Waals surface area contributed by atoms with Gasteiger partial charge in [-0.2, -0.15) is 8.78 Å². The highest BCUT2D eigenvalue weighted by atomic mass is 19.3. The zero-order valence-electron chi connectivity index (χ0n) is 8.77. The van der Waals surface area contributed by atoms with E-state index in [0.29, 0.717) is 13.0 Å². The molecular weight excluding hydrogens is 192 g/mol. The fourth-order valence-corrected chi connectivity index (χ4v) is 0.870. The van der Waals surface area contributed by atoms with Gasteiger partial charge in [0, 0.05) is 20.3 Å². The van der Waals surface area contributed by atoms with Gasteiger partial charge in [0.2, 0.25) is 0 Å². The molecule has 0 unspecified atom stereocenters. The van der Waals surface area contributed by atoms with Gasteiger partial charge >= 0.3 is 6.43 Å². The third kappa shape index (κ3) is 5.85. The summed E-state index contributed by atoms with van der Waals surface area (Å²) >= 11 is 0. The smallest absolute Gasteiger partial charge is 0.315 e. The van der Waals surface area contributed by atoms with Gasteiger partial charge in [-0.25, -0.2) is 0 Å². The summed E-state index contributed by atoms with van der Waals surface area (Å²) in [7, 11) is 1.58. The molecule has 1 amide bonds. The maximum Gasteiger partial charge on any atom is 0.315 e. The summed E-state index contributed by atoms with van der Waals surface area (Å²) in [5.74, 6) is -1.21. The Kier molecular flexibility index (Phi) is 5.60. The first-order valence-corrected chi connectivity index (χ1v) is 4.44. The number of rotatable bonds is 6. The molecule has 0 radical (unpaired) electrons. The van der Waals surface area contributed by atoms with Gasteiger partial charge in [-0.15, -0.1) is 0 Å². The molecule has 0 aliphatic carbocycles. The minimum absolute atomic E-state index is 0.222. The Morgan fingerprint density at radius 2 is 2.07 bits per heavy atom. The molecule has 0 fully saturated rings. The lowest BCUT2D eigenvalue weighted by Gasteiger charge is -2.24. The number of nitrogens with one attached hydrogen (secondary N) is 1. The largest absolute Gasteiger partial charge is 0.385 e. The van der Waals surface area contributed by atoms with Crippen molar-refractivity contribution in [2.24, 2.45) is 5.41 Å². The Morgan fingerprint density at radius 3 is 2.50 bits per heavy atom. The van der Waals surface area contributed by atoms with E-state index < -0.39 is 12.3 Å². The molecular formula is C9H17F2NO2. The maximum absolute atomic E-state index is 11.8. The number of alkyl halides is 2. The quantitative estimate of drug-likeness (QED) is 0.718. The lowest BCUT2D eigenvalue weighted by molar-refractivity contribution is -0.132. The van der Waals surface area contributed by atoms with Gasteiger partial charge < -0.3 is 10.1 Å². The summed E-state index contributed by atoms with van der Waals surface area (Å²) in [5.41, 5.74) is -0.222. The van der Waals surface area contributed by atoms with E-state index in [0.717, 1.165) is 0 Å². The number of hydrogen-bond donors (Lipinski definition) is 1. The maximum atomic E-state index is 11.8. The zero-order valence-corrected chi connectivity index (χ0v) is 8.77. The van der Waals surface area contributed by atoms with Crippen molar-refractivity contribution in [2.75, 3.05) is 20.3 Å². The molecule has 0 bridgehead atoms. The molecule has 0 heterocycles. The molecule has 0 aromatic carbocycles. The number of halogens is 2. The van der Waals surface area contributed by atoms with E-state index in [-0.39, 0.29) is 12.0 Å². The van der Waals surface area contributed by atoms with Gasteiger partial charge in [0.1, 0.15) is 0 Å². The van der Waals surface area contributed by atoms with Crippen molar-refractivity contribution in [3.63, 3.8) is 0 Å². The number of hydrogen-bond acceptors (Lipinski definition) is 2. The fourth-order valence-electron chi connectivity index (χ4n) is 0.870. The Morgan fingerprint density at radius 1 is 1.50 bits per heavy atom. The third-order valence-corrected chi connectivity index (χ3v) is 1.92. The predicted octanol–water partition coefficient (Wildman–Crippen LogP) is 1.43. The molecule has 5 heteroatoms. The van der Waals surface area contributed by atoms with E-state index in [1.54, 1.807) is 7.11 Å². The van der Waals surface area contributed by atoms with Crippen molar-refractivity contribution in [3.8, 4) is 0 Å². The summed E-state index contributed by atoms with van der Waals surface area (Å²) in [6, 6.07) is 0. The van der Waals surface area contributed by atoms with E-state index in [9.17, 15) is 13.6 Å². The molecule has 0 spiro atoms. The van der Waals surface area contributed by atoms with Gasteiger partial charge in [0.25, 0.3) is 5.91 Å². The second-order valence-corrected chi connectivity index (χ2v) is 3.93. The highest BCUT2D eigenvalue weighted by molar-refractivity contribution is 5.79. The first-order valence-electron chi connectivity index (χ1n) is 4.44. The van der Waals surface area contributed by atoms with Crippen LogP contribution in [0.4, 0.5) is 8.78 Å². The van der Waals surface area contributed by atoms with Crippen LogP contribution in [0.25, 0.3) is 0 Å². The molecule has 0 aliphatic heterocycles. The minimum atomic E-state index is -2.94. The highest BCUT2D eigenvalue weighted by Gasteiger charge is 2.21. The first kappa shape index (κ1) is 13.3. The van der Waals surface area contributed by atoms with Crippen LogP contribution in [-0.2, 0) is 9.53 Å². The van der Waals surface area contributed by atoms with Crippen molar-refractivity contribution in [3.05, 3.63) is 0 Å². The van der Waals surface area contributed by atoms with Crippen LogP contribution in [0.3, 0.4) is 0 Å². The second-order valence-electron chi connectivity index (χ2n) is 3.93. The molecule has 0 aromatic rings. The Balaban J connectivity index is 3.80. The summed E-state index contributed by atoms with van der Waals surface area (Å²) in [5, 5.41) is 2.19. The molecule has 0 saturated carbocycles. The van der Waals surface area contributed by atoms with Crippen LogP contribution in [0.2, 0.25) is 0 Å². The molecule has 84 valence electrons. The second kappa shape index (κ2) is 5.90. The van der Waals surface area contributed by atoms with E-state index in [4.69, 9.17) is 4.74 Å². The zero-order chi connectivity index (χ0) is 11.2. The molecule has 0 saturated heterocycles. The van der Waals surface area contributed by atoms with Gasteiger partial charge in [-0.3, -0.25) is 4.79 Å². The predicted molar refractivity (Wildman–Crippen MR) is 49.3 cm³/mol. The van der Waals surface area contributed by atoms with E-state index in [1.165, 1.54) is 0 Å². The minimum Gasteiger partial charge on any atom is -0.385 e. The van der Waals surface area contributed by atoms with E-state index in [1.807, 2.05) is 13.8 Å². The van der Waals surface area contributed by atoms with Crippen LogP contribution in [0.15, 0.2) is 0 Å². The first-order chi connectivity index (χ1) is 6.39. The summed E-state index contributed by atoms with van der Waals surface area (Å²) in [6.07, 6.45) is -2.22. The molecule has 14 heavy (non-hydrogen) atoms. The summed E-state index contributed by atoms with van der Waals surface area (Å²) in [4.78, 5) is 10.6.